The Kier molecular flexibility index (Phi) is 17.5. The van der Waals surface area contributed by atoms with Crippen molar-refractivity contribution in [1.29, 1.82) is 0 Å². The summed E-state index contributed by atoms with van der Waals surface area (Å²) in [5.74, 6) is 0.560. The summed E-state index contributed by atoms with van der Waals surface area (Å²) < 4.78 is 0. The number of benzene rings is 6. The number of aromatic amines is 2. The van der Waals surface area contributed by atoms with E-state index in [0.717, 1.165) is 73.4 Å². The summed E-state index contributed by atoms with van der Waals surface area (Å²) >= 11 is 0. The lowest BCUT2D eigenvalue weighted by molar-refractivity contribution is -0.128. The Morgan fingerprint density at radius 3 is 1.38 bits per heavy atom. The highest BCUT2D eigenvalue weighted by Gasteiger charge is 2.34. The summed E-state index contributed by atoms with van der Waals surface area (Å²) in [5, 5.41) is 47.8. The molecule has 18 heteroatoms. The van der Waals surface area contributed by atoms with E-state index in [4.69, 9.17) is 0 Å². The molecule has 6 N–H and O–H groups in total. The van der Waals surface area contributed by atoms with Crippen molar-refractivity contribution in [2.24, 2.45) is 5.41 Å². The van der Waals surface area contributed by atoms with Gasteiger partial charge in [0, 0.05) is 47.4 Å². The number of rotatable bonds is 16. The zero-order valence-electron chi connectivity index (χ0n) is 46.1. The smallest absolute Gasteiger partial charge is 0.249 e. The molecule has 3 atom stereocenters. The van der Waals surface area contributed by atoms with E-state index in [9.17, 15) is 24.3 Å². The first-order chi connectivity index (χ1) is 38.5. The normalized spacial score (nSPS) is 15.8. The van der Waals surface area contributed by atoms with Gasteiger partial charge in [-0.15, -0.1) is 20.4 Å². The maximum atomic E-state index is 13.9. The molecule has 18 nitrogen and oxygen atoms in total. The number of carbonyl (C=O) groups excluding carboxylic acids is 4. The van der Waals surface area contributed by atoms with Crippen molar-refractivity contribution < 1.29 is 24.3 Å². The summed E-state index contributed by atoms with van der Waals surface area (Å²) in [6, 6.07) is 46.8. The second-order valence-corrected chi connectivity index (χ2v) is 22.4. The third-order valence-corrected chi connectivity index (χ3v) is 14.2. The van der Waals surface area contributed by atoms with E-state index in [-0.39, 0.29) is 35.5 Å². The Balaban J connectivity index is 0.000000195. The van der Waals surface area contributed by atoms with Crippen molar-refractivity contribution in [3.8, 4) is 45.0 Å². The first-order valence-corrected chi connectivity index (χ1v) is 27.1. The quantitative estimate of drug-likeness (QED) is 0.0534. The van der Waals surface area contributed by atoms with Crippen LogP contribution >= 0.6 is 0 Å². The molecule has 80 heavy (non-hydrogen) atoms. The number of H-pyrrole nitrogens is 2. The molecule has 2 aromatic heterocycles. The molecule has 0 unspecified atom stereocenters. The van der Waals surface area contributed by atoms with Crippen LogP contribution in [-0.4, -0.2) is 100 Å². The molecule has 0 radical (unpaired) electrons. The van der Waals surface area contributed by atoms with Gasteiger partial charge < -0.3 is 30.9 Å². The Labute approximate surface area is 466 Å². The minimum atomic E-state index is -0.640. The average Bonchev–Trinajstić information content (AvgIpc) is 4.22. The van der Waals surface area contributed by atoms with Gasteiger partial charge in [0.1, 0.15) is 12.1 Å². The molecule has 4 heterocycles. The number of nitrogens with zero attached hydrogens (tertiary/aromatic N) is 8. The fraction of sp³-hybridized carbons (Fsp3) is 0.323. The highest BCUT2D eigenvalue weighted by molar-refractivity contribution is 6.01. The Morgan fingerprint density at radius 2 is 0.975 bits per heavy atom. The van der Waals surface area contributed by atoms with E-state index in [1.165, 1.54) is 0 Å². The van der Waals surface area contributed by atoms with Gasteiger partial charge in [-0.2, -0.15) is 10.4 Å². The third-order valence-electron chi connectivity index (χ3n) is 14.2. The summed E-state index contributed by atoms with van der Waals surface area (Å²) in [7, 11) is 0. The number of para-hydroxylation sites is 2. The number of amides is 4. The molecule has 4 amide bonds. The number of tetrazole rings is 2. The molecule has 10 rings (SSSR count). The first kappa shape index (κ1) is 56.0. The van der Waals surface area contributed by atoms with Crippen molar-refractivity contribution >= 4 is 35.0 Å². The van der Waals surface area contributed by atoms with Gasteiger partial charge in [0.05, 0.1) is 19.2 Å². The van der Waals surface area contributed by atoms with Crippen LogP contribution in [0.2, 0.25) is 0 Å². The molecule has 2 aliphatic heterocycles. The predicted octanol–water partition coefficient (Wildman–Crippen LogP) is 8.57. The number of anilines is 2. The molecule has 0 saturated heterocycles. The Bertz CT molecular complexity index is 3390. The average molecular weight is 1080 g/mol. The van der Waals surface area contributed by atoms with E-state index in [1.807, 2.05) is 179 Å². The molecular formula is C62H69N13O5. The monoisotopic (exact) mass is 1080 g/mol. The summed E-state index contributed by atoms with van der Waals surface area (Å²) in [5.41, 5.74) is 11.0. The van der Waals surface area contributed by atoms with Gasteiger partial charge in [-0.1, -0.05) is 154 Å². The molecule has 412 valence electrons. The molecule has 0 spiro atoms. The number of hydrogen-bond donors (Lipinski definition) is 6. The maximum absolute atomic E-state index is 13.9. The summed E-state index contributed by atoms with van der Waals surface area (Å²) in [4.78, 5) is 57.1. The van der Waals surface area contributed by atoms with Gasteiger partial charge in [0.2, 0.25) is 35.3 Å². The molecule has 6 aromatic carbocycles. The van der Waals surface area contributed by atoms with Gasteiger partial charge in [-0.25, -0.2) is 0 Å². The van der Waals surface area contributed by atoms with Crippen LogP contribution in [0.5, 0.6) is 0 Å². The van der Waals surface area contributed by atoms with Crippen LogP contribution < -0.4 is 25.8 Å². The Morgan fingerprint density at radius 1 is 0.575 bits per heavy atom. The largest absolute Gasteiger partial charge is 0.392 e. The minimum absolute atomic E-state index is 0.0799. The van der Waals surface area contributed by atoms with Gasteiger partial charge in [0.15, 0.2) is 0 Å². The summed E-state index contributed by atoms with van der Waals surface area (Å²) in [6.07, 6.45) is 2.54. The number of carbonyl (C=O) groups is 4. The van der Waals surface area contributed by atoms with Gasteiger partial charge in [-0.3, -0.25) is 19.2 Å². The SMILES string of the molecule is CC(C)(C)CC(=O)N[C@@H]1CCc2ccccc2N(Cc2ccc(-c3ccccc3-c3nn[nH]n3)cc2)C1=O.C[C@@H](O)CNC(C)(C)CC(=O)N[C@@H]1CCc2ccccc2N(Cc2ccc(-c3ccccc3-c3nn[nH]n3)cc2)C1=O. The number of nitrogens with one attached hydrogen (secondary N) is 5. The van der Waals surface area contributed by atoms with Gasteiger partial charge in [-0.05, 0) is 119 Å². The fourth-order valence-electron chi connectivity index (χ4n) is 10.2. The summed E-state index contributed by atoms with van der Waals surface area (Å²) in [6.45, 7) is 12.8. The maximum Gasteiger partial charge on any atom is 0.249 e. The van der Waals surface area contributed by atoms with Crippen LogP contribution in [0.3, 0.4) is 0 Å². The van der Waals surface area contributed by atoms with Crippen LogP contribution in [0.4, 0.5) is 11.4 Å². The number of aliphatic hydroxyl groups excluding tert-OH is 1. The van der Waals surface area contributed by atoms with E-state index in [0.29, 0.717) is 57.0 Å². The number of aromatic nitrogens is 8. The van der Waals surface area contributed by atoms with Crippen molar-refractivity contribution in [3.63, 3.8) is 0 Å². The second kappa shape index (κ2) is 24.9. The first-order valence-electron chi connectivity index (χ1n) is 27.1. The van der Waals surface area contributed by atoms with Crippen LogP contribution in [-0.2, 0) is 45.1 Å². The number of β-amino-alcohol motifs (C(OH)–C–C–N with tert-alkyl or cyclic N) is 1. The van der Waals surface area contributed by atoms with E-state index in [1.54, 1.807) is 11.8 Å². The van der Waals surface area contributed by atoms with Crippen LogP contribution in [0.15, 0.2) is 146 Å². The number of aryl methyl sites for hydroxylation is 2. The van der Waals surface area contributed by atoms with E-state index < -0.39 is 23.7 Å². The zero-order valence-corrected chi connectivity index (χ0v) is 46.1. The van der Waals surface area contributed by atoms with Crippen LogP contribution in [0.25, 0.3) is 45.0 Å². The molecule has 8 aromatic rings. The predicted molar refractivity (Wildman–Crippen MR) is 308 cm³/mol. The molecule has 0 aliphatic carbocycles. The number of hydrogen-bond acceptors (Lipinski definition) is 12. The van der Waals surface area contributed by atoms with Gasteiger partial charge >= 0.3 is 0 Å². The van der Waals surface area contributed by atoms with Crippen LogP contribution in [0.1, 0.15) is 89.5 Å². The standard InChI is InChI=1S/C32H37N7O3.C30H32N6O2/c1-21(40)19-33-32(2,3)18-29(41)34-27-17-16-24-8-4-7-11-28(24)39(31(27)42)20-22-12-14-23(15-13-22)25-9-5-6-10-26(25)30-35-37-38-36-30;1-30(2,3)18-27(37)31-25-17-16-22-8-4-7-11-26(22)36(29(25)38)19-20-12-14-21(15-13-20)23-9-5-6-10-24(23)28-32-34-35-33-28/h4-15,21,27,33,40H,16-20H2,1-3H3,(H,34,41)(H,35,36,37,38);4-15,25H,16-19H2,1-3H3,(H,31,37)(H,32,33,34,35)/t21-,27-;25-/m11/s1. The van der Waals surface area contributed by atoms with E-state index in [2.05, 4.69) is 63.3 Å². The molecule has 0 fully saturated rings. The van der Waals surface area contributed by atoms with Crippen molar-refractivity contribution in [2.75, 3.05) is 16.3 Å². The fourth-order valence-corrected chi connectivity index (χ4v) is 10.2. The van der Waals surface area contributed by atoms with Gasteiger partial charge in [0.25, 0.3) is 0 Å². The molecular weight excluding hydrogens is 1010 g/mol. The zero-order chi connectivity index (χ0) is 56.4. The lowest BCUT2D eigenvalue weighted by Crippen LogP contribution is -2.51. The Hall–Kier alpha value is -8.74. The molecule has 2 aliphatic rings. The highest BCUT2D eigenvalue weighted by Crippen LogP contribution is 2.35. The van der Waals surface area contributed by atoms with Crippen molar-refractivity contribution in [2.45, 2.75) is 117 Å². The third kappa shape index (κ3) is 14.1. The van der Waals surface area contributed by atoms with E-state index >= 15 is 0 Å². The lowest BCUT2D eigenvalue weighted by atomic mass is 9.91. The van der Waals surface area contributed by atoms with Crippen LogP contribution in [0, 0.1) is 5.41 Å². The number of aliphatic hydroxyl groups is 1. The van der Waals surface area contributed by atoms with Crippen molar-refractivity contribution in [1.82, 2.24) is 57.2 Å². The minimum Gasteiger partial charge on any atom is -0.392 e. The molecule has 0 saturated carbocycles. The highest BCUT2D eigenvalue weighted by atomic mass is 16.3. The number of fused-ring (bicyclic) bond motifs is 2. The van der Waals surface area contributed by atoms with Crippen molar-refractivity contribution in [3.05, 3.63) is 168 Å². The second-order valence-electron chi connectivity index (χ2n) is 22.4. The molecule has 0 bridgehead atoms. The topological polar surface area (TPSA) is 240 Å². The lowest BCUT2D eigenvalue weighted by Gasteiger charge is -2.29.